The predicted octanol–water partition coefficient (Wildman–Crippen LogP) is 3.79. The lowest BCUT2D eigenvalue weighted by atomic mass is 10.1. The van der Waals surface area contributed by atoms with Crippen molar-refractivity contribution in [2.24, 2.45) is 0 Å². The Morgan fingerprint density at radius 2 is 1.58 bits per heavy atom. The smallest absolute Gasteiger partial charge is 0.264 e. The van der Waals surface area contributed by atoms with E-state index in [9.17, 15) is 18.0 Å². The quantitative estimate of drug-likeness (QED) is 0.379. The van der Waals surface area contributed by atoms with Crippen molar-refractivity contribution < 1.29 is 22.7 Å². The summed E-state index contributed by atoms with van der Waals surface area (Å²) in [5.41, 5.74) is 2.32. The average Bonchev–Trinajstić information content (AvgIpc) is 2.93. The third kappa shape index (κ3) is 7.13. The minimum absolute atomic E-state index is 0.0271. The fraction of sp³-hybridized carbons (Fsp3) is 0.310. The SMILES string of the molecule is CCNC(=O)C(C)N(CCc1ccccc1)C(=O)CN(c1ccc(C)cc1)S(=O)(=O)c1ccc(OC)cc1. The van der Waals surface area contributed by atoms with Gasteiger partial charge in [-0.05, 0) is 69.2 Å². The number of aryl methyl sites for hydroxylation is 1. The fourth-order valence-electron chi connectivity index (χ4n) is 4.01. The number of hydrogen-bond acceptors (Lipinski definition) is 5. The van der Waals surface area contributed by atoms with Crippen LogP contribution in [0.5, 0.6) is 5.75 Å². The van der Waals surface area contributed by atoms with Gasteiger partial charge in [0.1, 0.15) is 18.3 Å². The highest BCUT2D eigenvalue weighted by atomic mass is 32.2. The van der Waals surface area contributed by atoms with E-state index in [1.165, 1.54) is 24.1 Å². The van der Waals surface area contributed by atoms with E-state index in [0.717, 1.165) is 15.4 Å². The largest absolute Gasteiger partial charge is 0.497 e. The molecule has 0 aliphatic heterocycles. The third-order valence-corrected chi connectivity index (χ3v) is 8.04. The number of amides is 2. The van der Waals surface area contributed by atoms with E-state index in [0.29, 0.717) is 24.4 Å². The van der Waals surface area contributed by atoms with Crippen LogP contribution in [-0.4, -0.2) is 57.9 Å². The molecule has 0 fully saturated rings. The number of carbonyl (C=O) groups is 2. The predicted molar refractivity (Wildman–Crippen MR) is 149 cm³/mol. The molecule has 0 heterocycles. The maximum atomic E-state index is 13.8. The second-order valence-electron chi connectivity index (χ2n) is 8.92. The summed E-state index contributed by atoms with van der Waals surface area (Å²) >= 11 is 0. The van der Waals surface area contributed by atoms with Gasteiger partial charge < -0.3 is 15.0 Å². The molecule has 0 aliphatic carbocycles. The molecular weight excluding hydrogens is 502 g/mol. The van der Waals surface area contributed by atoms with Crippen molar-refractivity contribution >= 4 is 27.5 Å². The Kier molecular flexibility index (Phi) is 9.90. The van der Waals surface area contributed by atoms with Gasteiger partial charge in [-0.2, -0.15) is 0 Å². The molecule has 3 rings (SSSR count). The van der Waals surface area contributed by atoms with Gasteiger partial charge in [0.25, 0.3) is 10.0 Å². The highest BCUT2D eigenvalue weighted by Gasteiger charge is 2.32. The molecule has 38 heavy (non-hydrogen) atoms. The number of nitrogens with zero attached hydrogens (tertiary/aromatic N) is 2. The minimum atomic E-state index is -4.11. The highest BCUT2D eigenvalue weighted by Crippen LogP contribution is 2.26. The van der Waals surface area contributed by atoms with E-state index in [-0.39, 0.29) is 17.3 Å². The molecule has 1 N–H and O–H groups in total. The van der Waals surface area contributed by atoms with Crippen LogP contribution in [0.25, 0.3) is 0 Å². The molecule has 3 aromatic rings. The number of nitrogens with one attached hydrogen (secondary N) is 1. The van der Waals surface area contributed by atoms with Gasteiger partial charge in [-0.25, -0.2) is 8.42 Å². The van der Waals surface area contributed by atoms with Crippen molar-refractivity contribution in [2.45, 2.75) is 38.1 Å². The minimum Gasteiger partial charge on any atom is -0.497 e. The normalized spacial score (nSPS) is 11.9. The van der Waals surface area contributed by atoms with Crippen LogP contribution in [0, 0.1) is 6.92 Å². The summed E-state index contributed by atoms with van der Waals surface area (Å²) in [5, 5.41) is 2.76. The average molecular weight is 538 g/mol. The lowest BCUT2D eigenvalue weighted by Crippen LogP contribution is -2.52. The summed E-state index contributed by atoms with van der Waals surface area (Å²) in [6.07, 6.45) is 0.520. The summed E-state index contributed by atoms with van der Waals surface area (Å²) < 4.78 is 33.8. The molecule has 0 saturated carbocycles. The summed E-state index contributed by atoms with van der Waals surface area (Å²) in [5.74, 6) is -0.254. The van der Waals surface area contributed by atoms with Crippen molar-refractivity contribution in [3.05, 3.63) is 90.0 Å². The number of likely N-dealkylation sites (N-methyl/N-ethyl adjacent to an activating group) is 1. The van der Waals surface area contributed by atoms with E-state index in [1.54, 1.807) is 50.2 Å². The monoisotopic (exact) mass is 537 g/mol. The van der Waals surface area contributed by atoms with Crippen LogP contribution in [0.15, 0.2) is 83.8 Å². The zero-order chi connectivity index (χ0) is 27.7. The van der Waals surface area contributed by atoms with Crippen LogP contribution in [0.4, 0.5) is 5.69 Å². The Balaban J connectivity index is 1.96. The van der Waals surface area contributed by atoms with E-state index < -0.39 is 28.5 Å². The zero-order valence-corrected chi connectivity index (χ0v) is 23.1. The van der Waals surface area contributed by atoms with Gasteiger partial charge >= 0.3 is 0 Å². The van der Waals surface area contributed by atoms with Crippen LogP contribution >= 0.6 is 0 Å². The van der Waals surface area contributed by atoms with Gasteiger partial charge in [-0.15, -0.1) is 0 Å². The van der Waals surface area contributed by atoms with Crippen molar-refractivity contribution in [1.29, 1.82) is 0 Å². The molecule has 0 radical (unpaired) electrons. The van der Waals surface area contributed by atoms with E-state index in [4.69, 9.17) is 4.74 Å². The van der Waals surface area contributed by atoms with Gasteiger partial charge in [0.05, 0.1) is 17.7 Å². The second kappa shape index (κ2) is 13.1. The van der Waals surface area contributed by atoms with Gasteiger partial charge in [0.2, 0.25) is 11.8 Å². The Hall–Kier alpha value is -3.85. The van der Waals surface area contributed by atoms with Crippen LogP contribution in [-0.2, 0) is 26.0 Å². The van der Waals surface area contributed by atoms with Gasteiger partial charge in [0, 0.05) is 13.1 Å². The van der Waals surface area contributed by atoms with Gasteiger partial charge in [-0.3, -0.25) is 13.9 Å². The molecule has 8 nitrogen and oxygen atoms in total. The number of anilines is 1. The van der Waals surface area contributed by atoms with Crippen molar-refractivity contribution in [1.82, 2.24) is 10.2 Å². The molecule has 3 aromatic carbocycles. The fourth-order valence-corrected chi connectivity index (χ4v) is 5.42. The highest BCUT2D eigenvalue weighted by molar-refractivity contribution is 7.92. The Bertz CT molecular complexity index is 1310. The molecule has 0 bridgehead atoms. The lowest BCUT2D eigenvalue weighted by molar-refractivity contribution is -0.138. The maximum Gasteiger partial charge on any atom is 0.264 e. The zero-order valence-electron chi connectivity index (χ0n) is 22.3. The number of rotatable bonds is 12. The van der Waals surface area contributed by atoms with Crippen LogP contribution in [0.2, 0.25) is 0 Å². The molecule has 2 amide bonds. The number of carbonyl (C=O) groups excluding carboxylic acids is 2. The molecular formula is C29H35N3O5S. The first-order valence-corrected chi connectivity index (χ1v) is 14.0. The summed E-state index contributed by atoms with van der Waals surface area (Å²) in [6, 6.07) is 21.8. The van der Waals surface area contributed by atoms with Crippen molar-refractivity contribution in [2.75, 3.05) is 31.0 Å². The molecule has 0 spiro atoms. The first kappa shape index (κ1) is 28.7. The molecule has 1 atom stereocenters. The topological polar surface area (TPSA) is 96.0 Å². The molecule has 202 valence electrons. The second-order valence-corrected chi connectivity index (χ2v) is 10.8. The maximum absolute atomic E-state index is 13.8. The molecule has 0 aliphatic rings. The van der Waals surface area contributed by atoms with Gasteiger partial charge in [-0.1, -0.05) is 48.0 Å². The molecule has 9 heteroatoms. The Labute approximate surface area is 225 Å². The van der Waals surface area contributed by atoms with Crippen LogP contribution < -0.4 is 14.4 Å². The van der Waals surface area contributed by atoms with Crippen LogP contribution in [0.1, 0.15) is 25.0 Å². The summed E-state index contributed by atoms with van der Waals surface area (Å²) in [6.45, 7) is 5.58. The first-order valence-electron chi connectivity index (χ1n) is 12.5. The van der Waals surface area contributed by atoms with E-state index in [2.05, 4.69) is 5.32 Å². The number of hydrogen-bond donors (Lipinski definition) is 1. The Morgan fingerprint density at radius 3 is 2.16 bits per heavy atom. The Morgan fingerprint density at radius 1 is 0.947 bits per heavy atom. The number of benzene rings is 3. The van der Waals surface area contributed by atoms with E-state index >= 15 is 0 Å². The first-order chi connectivity index (χ1) is 18.2. The summed E-state index contributed by atoms with van der Waals surface area (Å²) in [7, 11) is -2.61. The lowest BCUT2D eigenvalue weighted by Gasteiger charge is -2.32. The summed E-state index contributed by atoms with van der Waals surface area (Å²) in [4.78, 5) is 28.0. The van der Waals surface area contributed by atoms with Crippen molar-refractivity contribution in [3.8, 4) is 5.75 Å². The number of sulfonamides is 1. The van der Waals surface area contributed by atoms with Crippen molar-refractivity contribution in [3.63, 3.8) is 0 Å². The van der Waals surface area contributed by atoms with E-state index in [1.807, 2.05) is 37.3 Å². The number of methoxy groups -OCH3 is 1. The van der Waals surface area contributed by atoms with Gasteiger partial charge in [0.15, 0.2) is 0 Å². The molecule has 0 saturated heterocycles. The van der Waals surface area contributed by atoms with Crippen LogP contribution in [0.3, 0.4) is 0 Å². The number of ether oxygens (including phenoxy) is 1. The third-order valence-electron chi connectivity index (χ3n) is 6.25. The molecule has 0 aromatic heterocycles. The molecule has 1 unspecified atom stereocenters. The standard InChI is InChI=1S/C29H35N3O5S/c1-5-30-29(34)23(3)31(20-19-24-9-7-6-8-10-24)28(33)21-32(25-13-11-22(2)12-14-25)38(35,36)27-17-15-26(37-4)16-18-27/h6-18,23H,5,19-21H2,1-4H3,(H,30,34).